The summed E-state index contributed by atoms with van der Waals surface area (Å²) in [6.07, 6.45) is 0. The molecule has 0 aliphatic rings. The summed E-state index contributed by atoms with van der Waals surface area (Å²) in [6.45, 7) is 1.98. The van der Waals surface area contributed by atoms with Crippen molar-refractivity contribution in [3.8, 4) is 22.8 Å². The van der Waals surface area contributed by atoms with Crippen LogP contribution in [0.15, 0.2) is 18.2 Å². The molecule has 0 aliphatic carbocycles. The Balaban J connectivity index is 2.50. The van der Waals surface area contributed by atoms with Gasteiger partial charge in [-0.25, -0.2) is 0 Å². The van der Waals surface area contributed by atoms with Gasteiger partial charge < -0.3 is 14.8 Å². The molecule has 0 amide bonds. The third kappa shape index (κ3) is 1.99. The highest BCUT2D eigenvalue weighted by Crippen LogP contribution is 2.34. The van der Waals surface area contributed by atoms with Gasteiger partial charge in [0.05, 0.1) is 25.6 Å². The third-order valence-electron chi connectivity index (χ3n) is 2.85. The van der Waals surface area contributed by atoms with Crippen molar-refractivity contribution in [2.75, 3.05) is 26.6 Å². The molecule has 0 bridgehead atoms. The number of aryl methyl sites for hydroxylation is 1. The maximum Gasteiger partial charge on any atom is 0.161 e. The minimum atomic E-state index is 0.692. The molecule has 96 valence electrons. The normalized spacial score (nSPS) is 10.2. The summed E-state index contributed by atoms with van der Waals surface area (Å²) in [5.41, 5.74) is 3.84. The van der Waals surface area contributed by atoms with Gasteiger partial charge in [-0.05, 0) is 25.1 Å². The van der Waals surface area contributed by atoms with Crippen molar-refractivity contribution < 1.29 is 9.47 Å². The molecule has 0 spiro atoms. The molecule has 0 unspecified atom stereocenters. The molecular weight excluding hydrogens is 230 g/mol. The van der Waals surface area contributed by atoms with E-state index in [0.29, 0.717) is 11.5 Å². The molecule has 0 aliphatic heterocycles. The summed E-state index contributed by atoms with van der Waals surface area (Å²) in [4.78, 5) is 0. The fraction of sp³-hybridized carbons (Fsp3) is 0.308. The number of hydrogen-bond donors (Lipinski definition) is 2. The number of methoxy groups -OCH3 is 2. The lowest BCUT2D eigenvalue weighted by atomic mass is 10.1. The van der Waals surface area contributed by atoms with E-state index in [-0.39, 0.29) is 0 Å². The van der Waals surface area contributed by atoms with Crippen molar-refractivity contribution in [2.45, 2.75) is 6.92 Å². The largest absolute Gasteiger partial charge is 0.493 e. The molecular formula is C13H17N3O2. The molecule has 0 fully saturated rings. The first-order valence-corrected chi connectivity index (χ1v) is 5.66. The molecule has 1 heterocycles. The lowest BCUT2D eigenvalue weighted by Gasteiger charge is -2.09. The number of rotatable bonds is 4. The van der Waals surface area contributed by atoms with Gasteiger partial charge in [0.15, 0.2) is 11.5 Å². The van der Waals surface area contributed by atoms with Crippen LogP contribution in [-0.2, 0) is 0 Å². The van der Waals surface area contributed by atoms with Gasteiger partial charge >= 0.3 is 0 Å². The van der Waals surface area contributed by atoms with Crippen molar-refractivity contribution in [1.82, 2.24) is 10.2 Å². The summed E-state index contributed by atoms with van der Waals surface area (Å²) in [7, 11) is 5.12. The van der Waals surface area contributed by atoms with E-state index in [2.05, 4.69) is 15.5 Å². The van der Waals surface area contributed by atoms with Crippen molar-refractivity contribution in [1.29, 1.82) is 0 Å². The molecule has 0 radical (unpaired) electrons. The number of H-pyrrole nitrogens is 1. The van der Waals surface area contributed by atoms with Crippen LogP contribution in [0.25, 0.3) is 11.3 Å². The van der Waals surface area contributed by atoms with E-state index in [4.69, 9.17) is 9.47 Å². The second-order valence-electron chi connectivity index (χ2n) is 3.89. The lowest BCUT2D eigenvalue weighted by molar-refractivity contribution is 0.355. The van der Waals surface area contributed by atoms with Crippen LogP contribution in [0.4, 0.5) is 5.69 Å². The maximum absolute atomic E-state index is 5.30. The highest BCUT2D eigenvalue weighted by molar-refractivity contribution is 5.77. The second-order valence-corrected chi connectivity index (χ2v) is 3.89. The summed E-state index contributed by atoms with van der Waals surface area (Å²) in [5, 5.41) is 10.4. The zero-order valence-corrected chi connectivity index (χ0v) is 11.0. The predicted octanol–water partition coefficient (Wildman–Crippen LogP) is 2.44. The average molecular weight is 247 g/mol. The van der Waals surface area contributed by atoms with Crippen LogP contribution in [0.1, 0.15) is 5.69 Å². The Labute approximate surface area is 106 Å². The van der Waals surface area contributed by atoms with Gasteiger partial charge in [0.2, 0.25) is 0 Å². The van der Waals surface area contributed by atoms with Crippen LogP contribution < -0.4 is 14.8 Å². The molecule has 0 saturated carbocycles. The van der Waals surface area contributed by atoms with E-state index in [1.54, 1.807) is 14.2 Å². The van der Waals surface area contributed by atoms with Crippen LogP contribution in [-0.4, -0.2) is 31.5 Å². The molecule has 0 atom stereocenters. The Kier molecular flexibility index (Phi) is 3.41. The topological polar surface area (TPSA) is 59.2 Å². The first-order chi connectivity index (χ1) is 8.71. The fourth-order valence-electron chi connectivity index (χ4n) is 1.93. The van der Waals surface area contributed by atoms with E-state index < -0.39 is 0 Å². The number of nitrogens with one attached hydrogen (secondary N) is 2. The Morgan fingerprint density at radius 1 is 1.17 bits per heavy atom. The Morgan fingerprint density at radius 2 is 1.89 bits per heavy atom. The molecule has 1 aromatic carbocycles. The maximum atomic E-state index is 5.30. The second kappa shape index (κ2) is 5.00. The molecule has 5 nitrogen and oxygen atoms in total. The van der Waals surface area contributed by atoms with Crippen molar-refractivity contribution in [3.63, 3.8) is 0 Å². The SMILES string of the molecule is CNc1c(-c2ccc(OC)c(OC)c2)n[nH]c1C. The van der Waals surface area contributed by atoms with Gasteiger partial charge in [-0.2, -0.15) is 5.10 Å². The van der Waals surface area contributed by atoms with Crippen LogP contribution in [0, 0.1) is 6.92 Å². The quantitative estimate of drug-likeness (QED) is 0.871. The summed E-state index contributed by atoms with van der Waals surface area (Å²) < 4.78 is 10.5. The van der Waals surface area contributed by atoms with Crippen LogP contribution >= 0.6 is 0 Å². The zero-order valence-electron chi connectivity index (χ0n) is 11.0. The Morgan fingerprint density at radius 3 is 2.50 bits per heavy atom. The van der Waals surface area contributed by atoms with E-state index in [9.17, 15) is 0 Å². The van der Waals surface area contributed by atoms with E-state index >= 15 is 0 Å². The molecule has 0 saturated heterocycles. The smallest absolute Gasteiger partial charge is 0.161 e. The number of aromatic amines is 1. The molecule has 1 aromatic heterocycles. The van der Waals surface area contributed by atoms with Gasteiger partial charge in [-0.15, -0.1) is 0 Å². The fourth-order valence-corrected chi connectivity index (χ4v) is 1.93. The van der Waals surface area contributed by atoms with E-state index in [1.807, 2.05) is 32.2 Å². The first-order valence-electron chi connectivity index (χ1n) is 5.66. The minimum Gasteiger partial charge on any atom is -0.493 e. The zero-order chi connectivity index (χ0) is 13.1. The van der Waals surface area contributed by atoms with Gasteiger partial charge in [0.25, 0.3) is 0 Å². The number of nitrogens with zero attached hydrogens (tertiary/aromatic N) is 1. The Hall–Kier alpha value is -2.17. The average Bonchev–Trinajstić information content (AvgIpc) is 2.78. The van der Waals surface area contributed by atoms with E-state index in [1.165, 1.54) is 0 Å². The predicted molar refractivity (Wildman–Crippen MR) is 71.4 cm³/mol. The number of benzene rings is 1. The van der Waals surface area contributed by atoms with Crippen molar-refractivity contribution in [2.24, 2.45) is 0 Å². The molecule has 5 heteroatoms. The number of aromatic nitrogens is 2. The highest BCUT2D eigenvalue weighted by Gasteiger charge is 2.13. The third-order valence-corrected chi connectivity index (χ3v) is 2.85. The standard InChI is InChI=1S/C13H17N3O2/c1-8-12(14-2)13(16-15-8)9-5-6-10(17-3)11(7-9)18-4/h5-7,14H,1-4H3,(H,15,16). The number of hydrogen-bond acceptors (Lipinski definition) is 4. The first kappa shape index (κ1) is 12.3. The Bertz CT molecular complexity index is 549. The molecule has 2 N–H and O–H groups in total. The van der Waals surface area contributed by atoms with Crippen molar-refractivity contribution >= 4 is 5.69 Å². The highest BCUT2D eigenvalue weighted by atomic mass is 16.5. The van der Waals surface area contributed by atoms with Crippen LogP contribution in [0.3, 0.4) is 0 Å². The van der Waals surface area contributed by atoms with Crippen molar-refractivity contribution in [3.05, 3.63) is 23.9 Å². The van der Waals surface area contributed by atoms with E-state index in [0.717, 1.165) is 22.6 Å². The molecule has 2 rings (SSSR count). The van der Waals surface area contributed by atoms with Gasteiger partial charge in [0, 0.05) is 12.6 Å². The molecule has 18 heavy (non-hydrogen) atoms. The monoisotopic (exact) mass is 247 g/mol. The van der Waals surface area contributed by atoms with Crippen LogP contribution in [0.5, 0.6) is 11.5 Å². The summed E-state index contributed by atoms with van der Waals surface area (Å²) in [6, 6.07) is 5.74. The number of anilines is 1. The number of ether oxygens (including phenoxy) is 2. The van der Waals surface area contributed by atoms with Gasteiger partial charge in [0.1, 0.15) is 5.69 Å². The molecule has 2 aromatic rings. The van der Waals surface area contributed by atoms with Gasteiger partial charge in [-0.3, -0.25) is 5.10 Å². The minimum absolute atomic E-state index is 0.692. The summed E-state index contributed by atoms with van der Waals surface area (Å²) in [5.74, 6) is 1.40. The lowest BCUT2D eigenvalue weighted by Crippen LogP contribution is -1.93. The van der Waals surface area contributed by atoms with Gasteiger partial charge in [-0.1, -0.05) is 0 Å². The van der Waals surface area contributed by atoms with Crippen LogP contribution in [0.2, 0.25) is 0 Å². The summed E-state index contributed by atoms with van der Waals surface area (Å²) >= 11 is 0.